The minimum atomic E-state index is -0.493. The maximum absolute atomic E-state index is 13.0. The molecule has 1 N–H and O–H groups in total. The summed E-state index contributed by atoms with van der Waals surface area (Å²) in [5.74, 6) is 0.101. The molecule has 0 aromatic carbocycles. The van der Waals surface area contributed by atoms with Crippen molar-refractivity contribution in [1.82, 2.24) is 30.0 Å². The second-order valence-electron chi connectivity index (χ2n) is 7.79. The van der Waals surface area contributed by atoms with Crippen molar-refractivity contribution in [3.63, 3.8) is 0 Å². The number of rotatable bonds is 5. The highest BCUT2D eigenvalue weighted by Gasteiger charge is 2.41. The molecule has 4 heterocycles. The van der Waals surface area contributed by atoms with Gasteiger partial charge in [-0.25, -0.2) is 10.0 Å². The van der Waals surface area contributed by atoms with Crippen LogP contribution in [0.1, 0.15) is 12.8 Å². The van der Waals surface area contributed by atoms with Crippen molar-refractivity contribution in [2.24, 2.45) is 5.92 Å². The number of carbonyl (C=O) groups excluding carboxylic acids is 3. The van der Waals surface area contributed by atoms with Gasteiger partial charge in [0.2, 0.25) is 12.3 Å². The first-order chi connectivity index (χ1) is 13.6. The molecule has 1 unspecified atom stereocenters. The molecule has 4 aliphatic rings. The number of nitrogens with zero attached hydrogens (tertiary/aromatic N) is 5. The van der Waals surface area contributed by atoms with Crippen molar-refractivity contribution in [1.29, 1.82) is 0 Å². The molecular formula is C18H28N6O4. The highest BCUT2D eigenvalue weighted by molar-refractivity contribution is 5.94. The second-order valence-corrected chi connectivity index (χ2v) is 7.79. The van der Waals surface area contributed by atoms with E-state index in [-0.39, 0.29) is 17.7 Å². The Morgan fingerprint density at radius 1 is 1.21 bits per heavy atom. The fourth-order valence-electron chi connectivity index (χ4n) is 4.45. The van der Waals surface area contributed by atoms with Gasteiger partial charge in [-0.1, -0.05) is 0 Å². The maximum atomic E-state index is 13.0. The van der Waals surface area contributed by atoms with E-state index >= 15 is 0 Å². The lowest BCUT2D eigenvalue weighted by Crippen LogP contribution is -2.59. The zero-order valence-corrected chi connectivity index (χ0v) is 16.2. The molecule has 4 aliphatic heterocycles. The van der Waals surface area contributed by atoms with Gasteiger partial charge >= 0.3 is 0 Å². The van der Waals surface area contributed by atoms with Crippen molar-refractivity contribution in [3.8, 4) is 0 Å². The van der Waals surface area contributed by atoms with Gasteiger partial charge in [-0.05, 0) is 18.8 Å². The van der Waals surface area contributed by atoms with E-state index in [9.17, 15) is 14.4 Å². The number of hydrazine groups is 1. The zero-order valence-electron chi connectivity index (χ0n) is 16.2. The molecule has 28 heavy (non-hydrogen) atoms. The van der Waals surface area contributed by atoms with E-state index < -0.39 is 6.04 Å². The summed E-state index contributed by atoms with van der Waals surface area (Å²) in [5.41, 5.74) is 0.732. The smallest absolute Gasteiger partial charge is 0.287 e. The van der Waals surface area contributed by atoms with Crippen molar-refractivity contribution in [2.75, 3.05) is 59.8 Å². The first-order valence-corrected chi connectivity index (χ1v) is 9.88. The number of nitrogens with one attached hydrogen (secondary N) is 1. The number of ether oxygens (including phenoxy) is 1. The molecule has 0 aliphatic carbocycles. The standard InChI is InChI=1S/C18H28N6O4/c1-20-10-15-17(26)24(13-22(15)12-20)23-6-4-21(5-7-23)18(27)16(19-11-25)14-2-8-28-9-3-14/h10-11,14,16H,2-9,12-13H2,1H3,(H,19,25). The molecular weight excluding hydrogens is 364 g/mol. The number of amides is 3. The van der Waals surface area contributed by atoms with Crippen LogP contribution in [0.15, 0.2) is 11.9 Å². The van der Waals surface area contributed by atoms with Gasteiger partial charge in [0, 0.05) is 52.6 Å². The summed E-state index contributed by atoms with van der Waals surface area (Å²) in [4.78, 5) is 42.6. The first-order valence-electron chi connectivity index (χ1n) is 9.88. The summed E-state index contributed by atoms with van der Waals surface area (Å²) in [6, 6.07) is -0.493. The van der Waals surface area contributed by atoms with Gasteiger partial charge in [-0.15, -0.1) is 0 Å². The van der Waals surface area contributed by atoms with E-state index in [2.05, 4.69) is 10.2 Å². The van der Waals surface area contributed by atoms with E-state index in [0.717, 1.165) is 25.2 Å². The zero-order chi connectivity index (χ0) is 19.7. The SMILES string of the molecule is CN1C=C2C(=O)N(N3CCN(C(=O)C(NC=O)C4CCOCC4)CC3)CN2C1. The summed E-state index contributed by atoms with van der Waals surface area (Å²) in [7, 11) is 1.95. The van der Waals surface area contributed by atoms with Crippen LogP contribution in [0.3, 0.4) is 0 Å². The van der Waals surface area contributed by atoms with Crippen molar-refractivity contribution in [3.05, 3.63) is 11.9 Å². The van der Waals surface area contributed by atoms with Crippen LogP contribution in [0.25, 0.3) is 0 Å². The van der Waals surface area contributed by atoms with Gasteiger partial charge in [-0.2, -0.15) is 0 Å². The van der Waals surface area contributed by atoms with Gasteiger partial charge in [0.1, 0.15) is 18.4 Å². The normalized spacial score (nSPS) is 25.0. The molecule has 0 spiro atoms. The monoisotopic (exact) mass is 392 g/mol. The lowest BCUT2D eigenvalue weighted by molar-refractivity contribution is -0.150. The lowest BCUT2D eigenvalue weighted by atomic mass is 9.90. The van der Waals surface area contributed by atoms with Crippen LogP contribution in [0.4, 0.5) is 0 Å². The Hall–Kier alpha value is -2.33. The molecule has 3 amide bonds. The Bertz CT molecular complexity index is 656. The molecule has 3 saturated heterocycles. The van der Waals surface area contributed by atoms with Crippen LogP contribution in [-0.4, -0.2) is 109 Å². The summed E-state index contributed by atoms with van der Waals surface area (Å²) in [5, 5.41) is 6.54. The van der Waals surface area contributed by atoms with Gasteiger partial charge < -0.3 is 24.8 Å². The second kappa shape index (κ2) is 7.96. The summed E-state index contributed by atoms with van der Waals surface area (Å²) in [6.45, 7) is 4.83. The first kappa shape index (κ1) is 19.0. The molecule has 3 fully saturated rings. The predicted octanol–water partition coefficient (Wildman–Crippen LogP) is -1.57. The summed E-state index contributed by atoms with van der Waals surface area (Å²) < 4.78 is 5.38. The highest BCUT2D eigenvalue weighted by Crippen LogP contribution is 2.26. The summed E-state index contributed by atoms with van der Waals surface area (Å²) >= 11 is 0. The van der Waals surface area contributed by atoms with Crippen LogP contribution >= 0.6 is 0 Å². The third kappa shape index (κ3) is 3.53. The van der Waals surface area contributed by atoms with E-state index in [0.29, 0.717) is 52.5 Å². The van der Waals surface area contributed by atoms with Crippen LogP contribution < -0.4 is 5.32 Å². The molecule has 0 radical (unpaired) electrons. The Labute approximate surface area is 164 Å². The average Bonchev–Trinajstić information content (AvgIpc) is 3.23. The van der Waals surface area contributed by atoms with Crippen molar-refractivity contribution < 1.29 is 19.1 Å². The molecule has 4 rings (SSSR count). The van der Waals surface area contributed by atoms with E-state index in [1.54, 1.807) is 5.01 Å². The summed E-state index contributed by atoms with van der Waals surface area (Å²) in [6.07, 6.45) is 4.05. The largest absolute Gasteiger partial charge is 0.381 e. The molecule has 0 bridgehead atoms. The third-order valence-corrected chi connectivity index (χ3v) is 6.00. The molecule has 10 nitrogen and oxygen atoms in total. The van der Waals surface area contributed by atoms with E-state index in [4.69, 9.17) is 4.74 Å². The van der Waals surface area contributed by atoms with E-state index in [1.807, 2.05) is 28.1 Å². The predicted molar refractivity (Wildman–Crippen MR) is 98.9 cm³/mol. The van der Waals surface area contributed by atoms with Crippen LogP contribution in [0.5, 0.6) is 0 Å². The van der Waals surface area contributed by atoms with Gasteiger partial charge in [0.05, 0.1) is 6.67 Å². The molecule has 1 atom stereocenters. The fourth-order valence-corrected chi connectivity index (χ4v) is 4.45. The Balaban J connectivity index is 1.34. The number of hydrogen-bond donors (Lipinski definition) is 1. The highest BCUT2D eigenvalue weighted by atomic mass is 16.5. The van der Waals surface area contributed by atoms with Crippen molar-refractivity contribution in [2.45, 2.75) is 18.9 Å². The van der Waals surface area contributed by atoms with Crippen LogP contribution in [-0.2, 0) is 19.1 Å². The molecule has 0 saturated carbocycles. The topological polar surface area (TPSA) is 88.7 Å². The number of hydrogen-bond acceptors (Lipinski definition) is 7. The molecule has 10 heteroatoms. The average molecular weight is 392 g/mol. The Kier molecular flexibility index (Phi) is 5.40. The number of fused-ring (bicyclic) bond motifs is 1. The van der Waals surface area contributed by atoms with Crippen molar-refractivity contribution >= 4 is 18.2 Å². The van der Waals surface area contributed by atoms with Gasteiger partial charge in [0.15, 0.2) is 0 Å². The number of piperazine rings is 1. The minimum absolute atomic E-state index is 0.0202. The Morgan fingerprint density at radius 2 is 1.93 bits per heavy atom. The molecule has 0 aromatic rings. The minimum Gasteiger partial charge on any atom is -0.381 e. The van der Waals surface area contributed by atoms with Gasteiger partial charge in [-0.3, -0.25) is 14.4 Å². The van der Waals surface area contributed by atoms with Crippen LogP contribution in [0.2, 0.25) is 0 Å². The van der Waals surface area contributed by atoms with Crippen LogP contribution in [0, 0.1) is 5.92 Å². The fraction of sp³-hybridized carbons (Fsp3) is 0.722. The molecule has 0 aromatic heterocycles. The third-order valence-electron chi connectivity index (χ3n) is 6.00. The molecule has 154 valence electrons. The van der Waals surface area contributed by atoms with E-state index in [1.165, 1.54) is 0 Å². The quantitative estimate of drug-likeness (QED) is 0.566. The Morgan fingerprint density at radius 3 is 2.57 bits per heavy atom. The lowest BCUT2D eigenvalue weighted by Gasteiger charge is -2.41. The maximum Gasteiger partial charge on any atom is 0.287 e. The van der Waals surface area contributed by atoms with Gasteiger partial charge in [0.25, 0.3) is 5.91 Å². The number of carbonyl (C=O) groups is 3.